The van der Waals surface area contributed by atoms with Crippen LogP contribution in [0.4, 0.5) is 4.39 Å². The monoisotopic (exact) mass is 222 g/mol. The Morgan fingerprint density at radius 2 is 2.31 bits per heavy atom. The van der Waals surface area contributed by atoms with Crippen molar-refractivity contribution in [3.8, 4) is 11.4 Å². The van der Waals surface area contributed by atoms with Crippen LogP contribution in [0.1, 0.15) is 5.69 Å². The summed E-state index contributed by atoms with van der Waals surface area (Å²) in [5.74, 6) is 0.162. The molecule has 0 saturated heterocycles. The molecule has 0 fully saturated rings. The minimum atomic E-state index is -0.394. The number of aromatic nitrogens is 3. The molecular formula is C10H11FN4O. The Morgan fingerprint density at radius 3 is 2.94 bits per heavy atom. The summed E-state index contributed by atoms with van der Waals surface area (Å²) in [6.07, 6.45) is 1.58. The third-order valence-electron chi connectivity index (χ3n) is 2.15. The van der Waals surface area contributed by atoms with Crippen molar-refractivity contribution in [2.24, 2.45) is 5.73 Å². The third-order valence-corrected chi connectivity index (χ3v) is 2.15. The maximum atomic E-state index is 13.5. The molecule has 1 heterocycles. The first-order valence-corrected chi connectivity index (χ1v) is 4.70. The number of methoxy groups -OCH3 is 1. The van der Waals surface area contributed by atoms with E-state index in [-0.39, 0.29) is 12.2 Å². The quantitative estimate of drug-likeness (QED) is 0.837. The zero-order valence-corrected chi connectivity index (χ0v) is 8.72. The fourth-order valence-corrected chi connectivity index (χ4v) is 1.30. The second kappa shape index (κ2) is 4.28. The molecule has 2 N–H and O–H groups in total. The van der Waals surface area contributed by atoms with Crippen molar-refractivity contribution < 1.29 is 9.13 Å². The molecule has 16 heavy (non-hydrogen) atoms. The van der Waals surface area contributed by atoms with E-state index in [0.717, 1.165) is 0 Å². The van der Waals surface area contributed by atoms with Gasteiger partial charge in [0.2, 0.25) is 0 Å². The van der Waals surface area contributed by atoms with Gasteiger partial charge in [0, 0.05) is 12.6 Å². The van der Waals surface area contributed by atoms with Crippen LogP contribution in [0.15, 0.2) is 24.4 Å². The van der Waals surface area contributed by atoms with Gasteiger partial charge in [0.25, 0.3) is 0 Å². The van der Waals surface area contributed by atoms with E-state index in [0.29, 0.717) is 11.4 Å². The van der Waals surface area contributed by atoms with Gasteiger partial charge in [-0.25, -0.2) is 9.07 Å². The third kappa shape index (κ3) is 1.87. The van der Waals surface area contributed by atoms with Gasteiger partial charge in [0.15, 0.2) is 0 Å². The van der Waals surface area contributed by atoms with Crippen LogP contribution in [0.5, 0.6) is 5.75 Å². The van der Waals surface area contributed by atoms with E-state index < -0.39 is 5.82 Å². The number of rotatable bonds is 3. The van der Waals surface area contributed by atoms with Crippen LogP contribution in [0, 0.1) is 5.82 Å². The molecule has 84 valence electrons. The fraction of sp³-hybridized carbons (Fsp3) is 0.200. The number of nitrogens with zero attached hydrogens (tertiary/aromatic N) is 3. The lowest BCUT2D eigenvalue weighted by atomic mass is 10.3. The molecule has 2 aromatic rings. The van der Waals surface area contributed by atoms with Gasteiger partial charge < -0.3 is 10.5 Å². The van der Waals surface area contributed by atoms with Gasteiger partial charge >= 0.3 is 0 Å². The highest BCUT2D eigenvalue weighted by atomic mass is 19.1. The largest absolute Gasteiger partial charge is 0.497 e. The standard InChI is InChI=1S/C10H11FN4O/c1-16-8-2-3-9(11)10(4-8)15-6-7(5-12)13-14-15/h2-4,6H,5,12H2,1H3. The highest BCUT2D eigenvalue weighted by molar-refractivity contribution is 5.39. The Balaban J connectivity index is 2.45. The average molecular weight is 222 g/mol. The Bertz CT molecular complexity index is 497. The molecule has 0 aliphatic heterocycles. The summed E-state index contributed by atoms with van der Waals surface area (Å²) in [5, 5.41) is 7.57. The molecule has 0 aliphatic carbocycles. The molecular weight excluding hydrogens is 211 g/mol. The molecule has 2 rings (SSSR count). The highest BCUT2D eigenvalue weighted by Gasteiger charge is 2.08. The lowest BCUT2D eigenvalue weighted by Crippen LogP contribution is -1.99. The molecule has 0 unspecified atom stereocenters. The van der Waals surface area contributed by atoms with Gasteiger partial charge in [-0.05, 0) is 12.1 Å². The van der Waals surface area contributed by atoms with Crippen LogP contribution in [-0.2, 0) is 6.54 Å². The first-order valence-electron chi connectivity index (χ1n) is 4.70. The van der Waals surface area contributed by atoms with E-state index in [1.54, 1.807) is 18.3 Å². The molecule has 0 saturated carbocycles. The Morgan fingerprint density at radius 1 is 1.50 bits per heavy atom. The summed E-state index contributed by atoms with van der Waals surface area (Å²) in [6.45, 7) is 0.269. The predicted octanol–water partition coefficient (Wildman–Crippen LogP) is 0.874. The molecule has 6 heteroatoms. The smallest absolute Gasteiger partial charge is 0.149 e. The van der Waals surface area contributed by atoms with E-state index in [2.05, 4.69) is 10.3 Å². The van der Waals surface area contributed by atoms with Crippen LogP contribution in [0.25, 0.3) is 5.69 Å². The normalized spacial score (nSPS) is 10.4. The Kier molecular flexibility index (Phi) is 2.82. The summed E-state index contributed by atoms with van der Waals surface area (Å²) in [6, 6.07) is 4.40. The van der Waals surface area contributed by atoms with Crippen LogP contribution >= 0.6 is 0 Å². The lowest BCUT2D eigenvalue weighted by molar-refractivity contribution is 0.413. The van der Waals surface area contributed by atoms with Gasteiger partial charge in [0.1, 0.15) is 17.3 Å². The lowest BCUT2D eigenvalue weighted by Gasteiger charge is -2.04. The number of hydrogen-bond acceptors (Lipinski definition) is 4. The molecule has 0 atom stereocenters. The zero-order chi connectivity index (χ0) is 11.5. The van der Waals surface area contributed by atoms with Crippen molar-refractivity contribution >= 4 is 0 Å². The average Bonchev–Trinajstić information content (AvgIpc) is 2.78. The van der Waals surface area contributed by atoms with E-state index in [9.17, 15) is 4.39 Å². The minimum absolute atomic E-state index is 0.269. The second-order valence-corrected chi connectivity index (χ2v) is 3.18. The van der Waals surface area contributed by atoms with Crippen molar-refractivity contribution in [3.63, 3.8) is 0 Å². The highest BCUT2D eigenvalue weighted by Crippen LogP contribution is 2.19. The maximum Gasteiger partial charge on any atom is 0.149 e. The SMILES string of the molecule is COc1ccc(F)c(-n2cc(CN)nn2)c1. The molecule has 1 aromatic heterocycles. The van der Waals surface area contributed by atoms with E-state index >= 15 is 0 Å². The van der Waals surface area contributed by atoms with Crippen LogP contribution < -0.4 is 10.5 Å². The van der Waals surface area contributed by atoms with Crippen LogP contribution in [0.2, 0.25) is 0 Å². The number of nitrogens with two attached hydrogens (primary N) is 1. The topological polar surface area (TPSA) is 66.0 Å². The minimum Gasteiger partial charge on any atom is -0.497 e. The molecule has 1 aromatic carbocycles. The Labute approximate surface area is 91.6 Å². The summed E-state index contributed by atoms with van der Waals surface area (Å²) in [7, 11) is 1.52. The second-order valence-electron chi connectivity index (χ2n) is 3.18. The van der Waals surface area contributed by atoms with Gasteiger partial charge in [-0.2, -0.15) is 0 Å². The zero-order valence-electron chi connectivity index (χ0n) is 8.72. The molecule has 5 nitrogen and oxygen atoms in total. The summed E-state index contributed by atoms with van der Waals surface area (Å²) in [5.41, 5.74) is 6.28. The number of halogens is 1. The predicted molar refractivity (Wildman–Crippen MR) is 55.8 cm³/mol. The van der Waals surface area contributed by atoms with Crippen molar-refractivity contribution in [1.82, 2.24) is 15.0 Å². The summed E-state index contributed by atoms with van der Waals surface area (Å²) < 4.78 is 19.9. The van der Waals surface area contributed by atoms with Gasteiger partial charge in [0.05, 0.1) is 19.0 Å². The molecule has 0 aliphatic rings. The van der Waals surface area contributed by atoms with Crippen molar-refractivity contribution in [2.75, 3.05) is 7.11 Å². The summed E-state index contributed by atoms with van der Waals surface area (Å²) >= 11 is 0. The van der Waals surface area contributed by atoms with Crippen molar-refractivity contribution in [3.05, 3.63) is 35.9 Å². The number of ether oxygens (including phenoxy) is 1. The van der Waals surface area contributed by atoms with Gasteiger partial charge in [-0.1, -0.05) is 5.21 Å². The van der Waals surface area contributed by atoms with Crippen molar-refractivity contribution in [2.45, 2.75) is 6.54 Å². The molecule has 0 spiro atoms. The van der Waals surface area contributed by atoms with Gasteiger partial charge in [-0.3, -0.25) is 0 Å². The van der Waals surface area contributed by atoms with E-state index in [4.69, 9.17) is 10.5 Å². The maximum absolute atomic E-state index is 13.5. The number of hydrogen-bond donors (Lipinski definition) is 1. The van der Waals surface area contributed by atoms with Gasteiger partial charge in [-0.15, -0.1) is 5.10 Å². The Hall–Kier alpha value is -1.95. The molecule has 0 radical (unpaired) electrons. The van der Waals surface area contributed by atoms with Crippen LogP contribution in [-0.4, -0.2) is 22.1 Å². The summed E-state index contributed by atoms with van der Waals surface area (Å²) in [4.78, 5) is 0. The van der Waals surface area contributed by atoms with Crippen LogP contribution in [0.3, 0.4) is 0 Å². The first-order chi connectivity index (χ1) is 7.74. The van der Waals surface area contributed by atoms with E-state index in [1.807, 2.05) is 0 Å². The van der Waals surface area contributed by atoms with E-state index in [1.165, 1.54) is 17.9 Å². The first kappa shape index (κ1) is 10.6. The fourth-order valence-electron chi connectivity index (χ4n) is 1.30. The molecule has 0 bridgehead atoms. The number of benzene rings is 1. The molecule has 0 amide bonds. The van der Waals surface area contributed by atoms with Crippen molar-refractivity contribution in [1.29, 1.82) is 0 Å².